The summed E-state index contributed by atoms with van der Waals surface area (Å²) in [4.78, 5) is 0.264. The minimum atomic E-state index is -5.29. The molecule has 9 heteroatoms. The average Bonchev–Trinajstić information content (AvgIpc) is 2.81. The largest absolute Gasteiger partial charge is 0.501 e. The van der Waals surface area contributed by atoms with Crippen molar-refractivity contribution in [1.82, 2.24) is 0 Å². The molecule has 0 aliphatic heterocycles. The molecular formula is C12H9BrF3NO2S2. The van der Waals surface area contributed by atoms with Crippen LogP contribution in [0.4, 0.5) is 18.9 Å². The third-order valence-corrected chi connectivity index (χ3v) is 6.04. The van der Waals surface area contributed by atoms with Gasteiger partial charge in [0.2, 0.25) is 0 Å². The van der Waals surface area contributed by atoms with Gasteiger partial charge in [-0.25, -0.2) is 8.42 Å². The highest BCUT2D eigenvalue weighted by atomic mass is 79.9. The van der Waals surface area contributed by atoms with E-state index < -0.39 is 20.2 Å². The number of rotatable bonds is 4. The molecule has 0 aliphatic carbocycles. The second-order valence-corrected chi connectivity index (χ2v) is 7.82. The van der Waals surface area contributed by atoms with Gasteiger partial charge in [-0.3, -0.25) is 0 Å². The molecule has 2 rings (SSSR count). The van der Waals surface area contributed by atoms with E-state index in [9.17, 15) is 21.6 Å². The first-order valence-electron chi connectivity index (χ1n) is 5.59. The lowest BCUT2D eigenvalue weighted by molar-refractivity contribution is -0.0436. The van der Waals surface area contributed by atoms with Crippen LogP contribution in [0, 0.1) is 0 Å². The molecule has 0 radical (unpaired) electrons. The van der Waals surface area contributed by atoms with Gasteiger partial charge in [0.1, 0.15) is 0 Å². The van der Waals surface area contributed by atoms with Crippen molar-refractivity contribution in [2.75, 3.05) is 5.32 Å². The maximum absolute atomic E-state index is 12.4. The molecule has 0 aliphatic rings. The topological polar surface area (TPSA) is 46.2 Å². The molecule has 21 heavy (non-hydrogen) atoms. The van der Waals surface area contributed by atoms with E-state index in [1.54, 1.807) is 0 Å². The van der Waals surface area contributed by atoms with Gasteiger partial charge in [-0.05, 0) is 51.6 Å². The summed E-state index contributed by atoms with van der Waals surface area (Å²) in [6, 6.07) is 6.38. The zero-order valence-corrected chi connectivity index (χ0v) is 13.5. The third kappa shape index (κ3) is 3.58. The van der Waals surface area contributed by atoms with Crippen LogP contribution in [0.15, 0.2) is 45.1 Å². The second kappa shape index (κ2) is 5.98. The second-order valence-electron chi connectivity index (χ2n) is 4.02. The van der Waals surface area contributed by atoms with Gasteiger partial charge < -0.3 is 5.32 Å². The summed E-state index contributed by atoms with van der Waals surface area (Å²) in [6.45, 7) is 0.490. The van der Waals surface area contributed by atoms with Crippen LogP contribution in [0.2, 0.25) is 0 Å². The van der Waals surface area contributed by atoms with E-state index in [0.717, 1.165) is 21.5 Å². The van der Waals surface area contributed by atoms with Gasteiger partial charge >= 0.3 is 5.51 Å². The number of hydrogen-bond donors (Lipinski definition) is 1. The van der Waals surface area contributed by atoms with Gasteiger partial charge in [-0.2, -0.15) is 13.2 Å². The average molecular weight is 400 g/mol. The number of alkyl halides is 3. The lowest BCUT2D eigenvalue weighted by Crippen LogP contribution is -2.23. The van der Waals surface area contributed by atoms with Crippen molar-refractivity contribution in [2.24, 2.45) is 0 Å². The van der Waals surface area contributed by atoms with Crippen LogP contribution in [0.5, 0.6) is 0 Å². The quantitative estimate of drug-likeness (QED) is 0.827. The highest BCUT2D eigenvalue weighted by molar-refractivity contribution is 9.10. The predicted octanol–water partition coefficient (Wildman–Crippen LogP) is 4.42. The van der Waals surface area contributed by atoms with Crippen LogP contribution in [0.25, 0.3) is 0 Å². The smallest absolute Gasteiger partial charge is 0.380 e. The SMILES string of the molecule is O=S(=O)(c1ccc(NCc2sccc2Br)cc1)C(F)(F)F. The summed E-state index contributed by atoms with van der Waals surface area (Å²) in [7, 11) is -5.29. The first kappa shape index (κ1) is 16.3. The molecule has 0 spiro atoms. The molecule has 1 N–H and O–H groups in total. The van der Waals surface area contributed by atoms with Crippen LogP contribution in [-0.4, -0.2) is 13.9 Å². The molecule has 1 aromatic heterocycles. The van der Waals surface area contributed by atoms with E-state index in [1.807, 2.05) is 11.4 Å². The Morgan fingerprint density at radius 3 is 2.24 bits per heavy atom. The summed E-state index contributed by atoms with van der Waals surface area (Å²) in [5, 5.41) is 4.91. The maximum Gasteiger partial charge on any atom is 0.501 e. The fourth-order valence-electron chi connectivity index (χ4n) is 1.52. The summed E-state index contributed by atoms with van der Waals surface area (Å²) in [5.41, 5.74) is -4.75. The van der Waals surface area contributed by atoms with Crippen LogP contribution in [0.1, 0.15) is 4.88 Å². The van der Waals surface area contributed by atoms with Gasteiger partial charge in [0.05, 0.1) is 11.4 Å². The highest BCUT2D eigenvalue weighted by Gasteiger charge is 2.46. The first-order chi connectivity index (χ1) is 9.72. The Morgan fingerprint density at radius 2 is 1.76 bits per heavy atom. The molecule has 0 fully saturated rings. The van der Waals surface area contributed by atoms with Crippen molar-refractivity contribution >= 4 is 42.8 Å². The Kier molecular flexibility index (Phi) is 4.64. The van der Waals surface area contributed by atoms with Crippen LogP contribution < -0.4 is 5.32 Å². The van der Waals surface area contributed by atoms with Crippen molar-refractivity contribution in [2.45, 2.75) is 16.9 Å². The molecule has 0 saturated heterocycles. The zero-order chi connectivity index (χ0) is 15.7. The Labute approximate surface area is 131 Å². The van der Waals surface area contributed by atoms with Gasteiger partial charge in [0, 0.05) is 15.0 Å². The first-order valence-corrected chi connectivity index (χ1v) is 8.74. The van der Waals surface area contributed by atoms with Crippen molar-refractivity contribution in [3.63, 3.8) is 0 Å². The molecule has 114 valence electrons. The normalized spacial score (nSPS) is 12.4. The van der Waals surface area contributed by atoms with Crippen molar-refractivity contribution < 1.29 is 21.6 Å². The molecular weight excluding hydrogens is 391 g/mol. The molecule has 0 atom stereocenters. The Balaban J connectivity index is 2.11. The highest BCUT2D eigenvalue weighted by Crippen LogP contribution is 2.31. The molecule has 0 saturated carbocycles. The van der Waals surface area contributed by atoms with E-state index in [1.165, 1.54) is 23.5 Å². The Hall–Kier alpha value is -1.06. The third-order valence-electron chi connectivity index (χ3n) is 2.61. The standard InChI is InChI=1S/C12H9BrF3NO2S2/c13-10-5-6-20-11(10)7-17-8-1-3-9(4-2-8)21(18,19)12(14,15)16/h1-6,17H,7H2. The van der Waals surface area contributed by atoms with E-state index in [0.29, 0.717) is 12.2 Å². The number of sulfone groups is 1. The van der Waals surface area contributed by atoms with Gasteiger partial charge in [0.25, 0.3) is 9.84 Å². The molecule has 0 unspecified atom stereocenters. The fourth-order valence-corrected chi connectivity index (χ4v) is 3.71. The molecule has 1 aromatic carbocycles. The lowest BCUT2D eigenvalue weighted by atomic mass is 10.3. The predicted molar refractivity (Wildman–Crippen MR) is 79.0 cm³/mol. The summed E-state index contributed by atoms with van der Waals surface area (Å²) < 4.78 is 60.5. The van der Waals surface area contributed by atoms with E-state index in [-0.39, 0.29) is 0 Å². The van der Waals surface area contributed by atoms with E-state index in [2.05, 4.69) is 21.2 Å². The minimum absolute atomic E-state index is 0.490. The number of hydrogen-bond acceptors (Lipinski definition) is 4. The minimum Gasteiger partial charge on any atom is -0.380 e. The molecule has 2 aromatic rings. The number of nitrogens with one attached hydrogen (secondary N) is 1. The molecule has 1 heterocycles. The van der Waals surface area contributed by atoms with Crippen LogP contribution >= 0.6 is 27.3 Å². The number of anilines is 1. The Bertz CT molecular complexity index is 724. The Morgan fingerprint density at radius 1 is 1.14 bits per heavy atom. The van der Waals surface area contributed by atoms with Crippen molar-refractivity contribution in [1.29, 1.82) is 0 Å². The van der Waals surface area contributed by atoms with Crippen molar-refractivity contribution in [3.8, 4) is 0 Å². The number of benzene rings is 1. The molecule has 3 nitrogen and oxygen atoms in total. The maximum atomic E-state index is 12.4. The van der Waals surface area contributed by atoms with Crippen molar-refractivity contribution in [3.05, 3.63) is 45.1 Å². The van der Waals surface area contributed by atoms with Gasteiger partial charge in [-0.1, -0.05) is 0 Å². The summed E-state index contributed by atoms with van der Waals surface area (Å²) >= 11 is 4.89. The molecule has 0 amide bonds. The number of halogens is 4. The molecule has 0 bridgehead atoms. The van der Waals surface area contributed by atoms with E-state index >= 15 is 0 Å². The lowest BCUT2D eigenvalue weighted by Gasteiger charge is -2.09. The zero-order valence-electron chi connectivity index (χ0n) is 10.3. The van der Waals surface area contributed by atoms with Gasteiger partial charge in [0.15, 0.2) is 0 Å². The van der Waals surface area contributed by atoms with Gasteiger partial charge in [-0.15, -0.1) is 11.3 Å². The van der Waals surface area contributed by atoms with E-state index in [4.69, 9.17) is 0 Å². The number of thiophene rings is 1. The summed E-state index contributed by atoms with van der Waals surface area (Å²) in [5.74, 6) is 0. The monoisotopic (exact) mass is 399 g/mol. The summed E-state index contributed by atoms with van der Waals surface area (Å²) in [6.07, 6.45) is 0. The fraction of sp³-hybridized carbons (Fsp3) is 0.167. The van der Waals surface area contributed by atoms with Crippen LogP contribution in [0.3, 0.4) is 0 Å². The van der Waals surface area contributed by atoms with Crippen LogP contribution in [-0.2, 0) is 16.4 Å².